The smallest absolute Gasteiger partial charge is 0.266 e. The Morgan fingerprint density at radius 1 is 0.903 bits per heavy atom. The topological polar surface area (TPSA) is 34.9 Å². The van der Waals surface area contributed by atoms with Crippen molar-refractivity contribution in [3.63, 3.8) is 0 Å². The maximum Gasteiger partial charge on any atom is 0.266 e. The fraction of sp³-hybridized carbons (Fsp3) is 0.200. The number of aromatic nitrogens is 2. The molecule has 0 saturated carbocycles. The molecule has 1 heterocycles. The average Bonchev–Trinajstić information content (AvgIpc) is 2.73. The highest BCUT2D eigenvalue weighted by molar-refractivity contribution is 7.98. The molecule has 0 fully saturated rings. The van der Waals surface area contributed by atoms with Gasteiger partial charge in [0, 0.05) is 15.8 Å². The first-order valence-corrected chi connectivity index (χ1v) is 11.7. The van der Waals surface area contributed by atoms with Crippen LogP contribution in [0.3, 0.4) is 0 Å². The predicted octanol–water partition coefficient (Wildman–Crippen LogP) is 7.28. The standard InChI is InChI=1S/C25H22Cl2N2OS/c1-25(2,3)17-6-4-16(5-7-17)15-31-24-28-22-14-19(27)10-13-21(22)23(30)29(24)20-11-8-18(26)9-12-20/h4-14H,15H2,1-3H3. The maximum atomic E-state index is 13.3. The lowest BCUT2D eigenvalue weighted by Crippen LogP contribution is -2.21. The van der Waals surface area contributed by atoms with Crippen molar-refractivity contribution in [1.82, 2.24) is 9.55 Å². The normalized spacial score (nSPS) is 11.8. The van der Waals surface area contributed by atoms with E-state index in [0.717, 1.165) is 5.69 Å². The van der Waals surface area contributed by atoms with E-state index >= 15 is 0 Å². The molecule has 0 amide bonds. The van der Waals surface area contributed by atoms with E-state index in [2.05, 4.69) is 45.0 Å². The number of halogens is 2. The summed E-state index contributed by atoms with van der Waals surface area (Å²) < 4.78 is 1.64. The second-order valence-electron chi connectivity index (χ2n) is 8.41. The number of hydrogen-bond donors (Lipinski definition) is 0. The van der Waals surface area contributed by atoms with Crippen LogP contribution in [0.1, 0.15) is 31.9 Å². The Morgan fingerprint density at radius 3 is 2.19 bits per heavy atom. The van der Waals surface area contributed by atoms with Crippen LogP contribution in [0.15, 0.2) is 76.7 Å². The van der Waals surface area contributed by atoms with Gasteiger partial charge >= 0.3 is 0 Å². The van der Waals surface area contributed by atoms with Crippen molar-refractivity contribution in [1.29, 1.82) is 0 Å². The third kappa shape index (κ3) is 4.82. The second-order valence-corrected chi connectivity index (χ2v) is 10.2. The molecule has 1 aromatic heterocycles. The van der Waals surface area contributed by atoms with Crippen molar-refractivity contribution >= 4 is 45.9 Å². The van der Waals surface area contributed by atoms with Gasteiger partial charge in [0.05, 0.1) is 16.6 Å². The Balaban J connectivity index is 1.75. The molecule has 0 unspecified atom stereocenters. The zero-order chi connectivity index (χ0) is 22.2. The lowest BCUT2D eigenvalue weighted by atomic mass is 9.87. The van der Waals surface area contributed by atoms with E-state index in [9.17, 15) is 4.79 Å². The maximum absolute atomic E-state index is 13.3. The van der Waals surface area contributed by atoms with E-state index in [1.165, 1.54) is 22.9 Å². The first-order valence-electron chi connectivity index (χ1n) is 9.93. The molecule has 4 rings (SSSR count). The molecule has 0 aliphatic rings. The van der Waals surface area contributed by atoms with Gasteiger partial charge in [0.2, 0.25) is 0 Å². The van der Waals surface area contributed by atoms with Crippen molar-refractivity contribution in [2.75, 3.05) is 0 Å². The summed E-state index contributed by atoms with van der Waals surface area (Å²) in [4.78, 5) is 18.1. The van der Waals surface area contributed by atoms with Crippen LogP contribution in [0.25, 0.3) is 16.6 Å². The van der Waals surface area contributed by atoms with Gasteiger partial charge in [-0.3, -0.25) is 9.36 Å². The number of rotatable bonds is 4. The highest BCUT2D eigenvalue weighted by Gasteiger charge is 2.15. The molecule has 158 valence electrons. The van der Waals surface area contributed by atoms with Gasteiger partial charge in [-0.05, 0) is 59.0 Å². The summed E-state index contributed by atoms with van der Waals surface area (Å²) >= 11 is 13.7. The molecule has 0 spiro atoms. The summed E-state index contributed by atoms with van der Waals surface area (Å²) in [7, 11) is 0. The average molecular weight is 469 g/mol. The molecular weight excluding hydrogens is 447 g/mol. The van der Waals surface area contributed by atoms with Gasteiger partial charge in [0.1, 0.15) is 0 Å². The number of nitrogens with zero attached hydrogens (tertiary/aromatic N) is 2. The van der Waals surface area contributed by atoms with Crippen LogP contribution in [0.5, 0.6) is 0 Å². The van der Waals surface area contributed by atoms with E-state index in [1.807, 2.05) is 12.1 Å². The minimum absolute atomic E-state index is 0.111. The highest BCUT2D eigenvalue weighted by Crippen LogP contribution is 2.28. The van der Waals surface area contributed by atoms with Gasteiger partial charge in [0.25, 0.3) is 5.56 Å². The third-order valence-electron chi connectivity index (χ3n) is 5.07. The SMILES string of the molecule is CC(C)(C)c1ccc(CSc2nc3cc(Cl)ccc3c(=O)n2-c2ccc(Cl)cc2)cc1. The lowest BCUT2D eigenvalue weighted by molar-refractivity contribution is 0.590. The van der Waals surface area contributed by atoms with E-state index in [4.69, 9.17) is 28.2 Å². The van der Waals surface area contributed by atoms with Crippen LogP contribution in [-0.2, 0) is 11.2 Å². The molecule has 0 saturated heterocycles. The monoisotopic (exact) mass is 468 g/mol. The fourth-order valence-electron chi connectivity index (χ4n) is 3.30. The zero-order valence-corrected chi connectivity index (χ0v) is 19.9. The zero-order valence-electron chi connectivity index (χ0n) is 17.5. The number of benzene rings is 3. The summed E-state index contributed by atoms with van der Waals surface area (Å²) in [6, 6.07) is 21.0. The van der Waals surface area contributed by atoms with E-state index in [1.54, 1.807) is 34.9 Å². The Labute approximate surface area is 196 Å². The number of fused-ring (bicyclic) bond motifs is 1. The third-order valence-corrected chi connectivity index (χ3v) is 6.57. The van der Waals surface area contributed by atoms with E-state index < -0.39 is 0 Å². The molecule has 3 aromatic carbocycles. The minimum atomic E-state index is -0.130. The quantitative estimate of drug-likeness (QED) is 0.233. The minimum Gasteiger partial charge on any atom is -0.268 e. The number of hydrogen-bond acceptors (Lipinski definition) is 3. The van der Waals surface area contributed by atoms with Gasteiger partial charge in [-0.15, -0.1) is 0 Å². The van der Waals surface area contributed by atoms with Gasteiger partial charge in [-0.1, -0.05) is 80.0 Å². The molecule has 31 heavy (non-hydrogen) atoms. The summed E-state index contributed by atoms with van der Waals surface area (Å²) in [5, 5.41) is 2.31. The van der Waals surface area contributed by atoms with Crippen molar-refractivity contribution in [3.8, 4) is 5.69 Å². The van der Waals surface area contributed by atoms with E-state index in [-0.39, 0.29) is 11.0 Å². The molecule has 3 nitrogen and oxygen atoms in total. The lowest BCUT2D eigenvalue weighted by Gasteiger charge is -2.19. The molecule has 0 radical (unpaired) electrons. The van der Waals surface area contributed by atoms with Crippen LogP contribution >= 0.6 is 35.0 Å². The predicted molar refractivity (Wildman–Crippen MR) is 132 cm³/mol. The summed E-state index contributed by atoms with van der Waals surface area (Å²) in [5.41, 5.74) is 3.76. The molecule has 0 N–H and O–H groups in total. The van der Waals surface area contributed by atoms with Crippen LogP contribution in [0.2, 0.25) is 10.0 Å². The molecule has 0 aliphatic carbocycles. The van der Waals surface area contributed by atoms with Crippen LogP contribution in [-0.4, -0.2) is 9.55 Å². The Kier molecular flexibility index (Phi) is 6.16. The number of thioether (sulfide) groups is 1. The Morgan fingerprint density at radius 2 is 1.55 bits per heavy atom. The summed E-state index contributed by atoms with van der Waals surface area (Å²) in [6.45, 7) is 6.60. The van der Waals surface area contributed by atoms with Gasteiger partial charge in [0.15, 0.2) is 5.16 Å². The molecule has 6 heteroatoms. The van der Waals surface area contributed by atoms with Crippen LogP contribution in [0, 0.1) is 0 Å². The molecule has 0 bridgehead atoms. The fourth-order valence-corrected chi connectivity index (χ4v) is 4.56. The second kappa shape index (κ2) is 8.70. The van der Waals surface area contributed by atoms with Gasteiger partial charge < -0.3 is 0 Å². The highest BCUT2D eigenvalue weighted by atomic mass is 35.5. The summed E-state index contributed by atoms with van der Waals surface area (Å²) in [5.74, 6) is 0.691. The largest absolute Gasteiger partial charge is 0.268 e. The molecule has 0 atom stereocenters. The molecule has 0 aliphatic heterocycles. The molecular formula is C25H22Cl2N2OS. The van der Waals surface area contributed by atoms with Crippen molar-refractivity contribution in [3.05, 3.63) is 98.3 Å². The first kappa shape index (κ1) is 21.9. The van der Waals surface area contributed by atoms with Crippen molar-refractivity contribution in [2.24, 2.45) is 0 Å². The van der Waals surface area contributed by atoms with Crippen molar-refractivity contribution < 1.29 is 0 Å². The first-order chi connectivity index (χ1) is 14.7. The summed E-state index contributed by atoms with van der Waals surface area (Å²) in [6.07, 6.45) is 0. The Bertz CT molecular complexity index is 1290. The van der Waals surface area contributed by atoms with Gasteiger partial charge in [-0.25, -0.2) is 4.98 Å². The van der Waals surface area contributed by atoms with Crippen molar-refractivity contribution in [2.45, 2.75) is 37.1 Å². The Hall–Kier alpha value is -2.27. The van der Waals surface area contributed by atoms with E-state index in [0.29, 0.717) is 31.9 Å². The molecule has 4 aromatic rings. The van der Waals surface area contributed by atoms with Crippen LogP contribution in [0.4, 0.5) is 0 Å². The van der Waals surface area contributed by atoms with Crippen LogP contribution < -0.4 is 5.56 Å². The van der Waals surface area contributed by atoms with Gasteiger partial charge in [-0.2, -0.15) is 0 Å².